The van der Waals surface area contributed by atoms with Gasteiger partial charge < -0.3 is 10.3 Å². The van der Waals surface area contributed by atoms with Gasteiger partial charge in [0.25, 0.3) is 0 Å². The molecule has 19 heavy (non-hydrogen) atoms. The Balaban J connectivity index is 1.84. The topological polar surface area (TPSA) is 99.1 Å². The molecule has 1 saturated carbocycles. The minimum atomic E-state index is -2.93. The molecule has 2 aliphatic rings. The molecule has 2 fully saturated rings. The van der Waals surface area contributed by atoms with Crippen LogP contribution in [0, 0.1) is 0 Å². The van der Waals surface area contributed by atoms with E-state index in [2.05, 4.69) is 10.1 Å². The normalized spacial score (nSPS) is 37.8. The van der Waals surface area contributed by atoms with Gasteiger partial charge in [0.05, 0.1) is 16.9 Å². The molecule has 2 heterocycles. The highest BCUT2D eigenvalue weighted by Crippen LogP contribution is 2.39. The Morgan fingerprint density at radius 3 is 2.79 bits per heavy atom. The third kappa shape index (κ3) is 2.18. The molecule has 3 unspecified atom stereocenters. The Morgan fingerprint density at radius 1 is 1.42 bits per heavy atom. The van der Waals surface area contributed by atoms with Crippen LogP contribution in [0.5, 0.6) is 0 Å². The van der Waals surface area contributed by atoms with Gasteiger partial charge in [0.2, 0.25) is 5.89 Å². The molecule has 106 valence electrons. The third-order valence-electron chi connectivity index (χ3n) is 4.56. The molecule has 0 radical (unpaired) electrons. The van der Waals surface area contributed by atoms with Crippen molar-refractivity contribution in [1.29, 1.82) is 0 Å². The number of hydrogen-bond acceptors (Lipinski definition) is 6. The van der Waals surface area contributed by atoms with Gasteiger partial charge in [0, 0.05) is 12.0 Å². The number of hydrogen-bond donors (Lipinski definition) is 1. The number of sulfone groups is 1. The fourth-order valence-electron chi connectivity index (χ4n) is 3.09. The summed E-state index contributed by atoms with van der Waals surface area (Å²) in [5, 5.41) is 3.98. The van der Waals surface area contributed by atoms with Crippen molar-refractivity contribution in [2.24, 2.45) is 5.73 Å². The maximum Gasteiger partial charge on any atom is 0.234 e. The van der Waals surface area contributed by atoms with Crippen LogP contribution in [0.25, 0.3) is 0 Å². The maximum atomic E-state index is 11.5. The summed E-state index contributed by atoms with van der Waals surface area (Å²) in [6.07, 6.45) is 3.56. The van der Waals surface area contributed by atoms with Gasteiger partial charge in [-0.25, -0.2) is 8.42 Å². The van der Waals surface area contributed by atoms with E-state index in [-0.39, 0.29) is 28.9 Å². The lowest BCUT2D eigenvalue weighted by Gasteiger charge is -2.23. The molecular weight excluding hydrogens is 266 g/mol. The summed E-state index contributed by atoms with van der Waals surface area (Å²) >= 11 is 0. The molecule has 1 aromatic rings. The molecule has 2 N–H and O–H groups in total. The van der Waals surface area contributed by atoms with Gasteiger partial charge in [-0.15, -0.1) is 0 Å². The summed E-state index contributed by atoms with van der Waals surface area (Å²) < 4.78 is 28.3. The largest absolute Gasteiger partial charge is 0.339 e. The van der Waals surface area contributed by atoms with Crippen LogP contribution >= 0.6 is 0 Å². The summed E-state index contributed by atoms with van der Waals surface area (Å²) in [5.41, 5.74) is 5.87. The molecule has 0 aromatic carbocycles. The molecule has 1 aromatic heterocycles. The SMILES string of the molecule is CC1(c2nc(C3CCS(=O)(=O)C3)no2)CCCC1N. The van der Waals surface area contributed by atoms with Crippen molar-refractivity contribution in [3.05, 3.63) is 11.7 Å². The van der Waals surface area contributed by atoms with Crippen LogP contribution in [0.3, 0.4) is 0 Å². The zero-order valence-corrected chi connectivity index (χ0v) is 11.8. The van der Waals surface area contributed by atoms with Crippen molar-refractivity contribution in [3.63, 3.8) is 0 Å². The van der Waals surface area contributed by atoms with Crippen LogP contribution in [0.15, 0.2) is 4.52 Å². The van der Waals surface area contributed by atoms with Gasteiger partial charge in [0.15, 0.2) is 15.7 Å². The first-order valence-corrected chi connectivity index (χ1v) is 8.53. The summed E-state index contributed by atoms with van der Waals surface area (Å²) in [5.74, 6) is 1.32. The zero-order chi connectivity index (χ0) is 13.7. The number of nitrogens with two attached hydrogens (primary N) is 1. The minimum Gasteiger partial charge on any atom is -0.339 e. The average molecular weight is 285 g/mol. The first-order chi connectivity index (χ1) is 8.91. The monoisotopic (exact) mass is 285 g/mol. The van der Waals surface area contributed by atoms with Crippen molar-refractivity contribution in [2.45, 2.75) is 50.0 Å². The van der Waals surface area contributed by atoms with Crippen LogP contribution in [-0.4, -0.2) is 36.1 Å². The van der Waals surface area contributed by atoms with Gasteiger partial charge in [0.1, 0.15) is 0 Å². The van der Waals surface area contributed by atoms with Crippen molar-refractivity contribution < 1.29 is 12.9 Å². The van der Waals surface area contributed by atoms with Crippen molar-refractivity contribution in [1.82, 2.24) is 10.1 Å². The first-order valence-electron chi connectivity index (χ1n) is 6.71. The van der Waals surface area contributed by atoms with Gasteiger partial charge >= 0.3 is 0 Å². The molecule has 1 saturated heterocycles. The maximum absolute atomic E-state index is 11.5. The standard InChI is InChI=1S/C12H19N3O3S/c1-12(5-2-3-9(12)13)11-14-10(15-18-11)8-4-6-19(16,17)7-8/h8-9H,2-7,13H2,1H3. The predicted molar refractivity (Wildman–Crippen MR) is 69.5 cm³/mol. The molecule has 0 bridgehead atoms. The Labute approximate surface area is 112 Å². The van der Waals surface area contributed by atoms with Crippen molar-refractivity contribution in [3.8, 4) is 0 Å². The van der Waals surface area contributed by atoms with E-state index >= 15 is 0 Å². The highest BCUT2D eigenvalue weighted by molar-refractivity contribution is 7.91. The van der Waals surface area contributed by atoms with Crippen LogP contribution in [0.2, 0.25) is 0 Å². The molecule has 3 atom stereocenters. The number of nitrogens with zero attached hydrogens (tertiary/aromatic N) is 2. The van der Waals surface area contributed by atoms with Crippen molar-refractivity contribution >= 4 is 9.84 Å². The minimum absolute atomic E-state index is 0.0353. The van der Waals surface area contributed by atoms with E-state index in [1.807, 2.05) is 6.92 Å². The van der Waals surface area contributed by atoms with Gasteiger partial charge in [-0.2, -0.15) is 4.98 Å². The zero-order valence-electron chi connectivity index (χ0n) is 11.0. The fourth-order valence-corrected chi connectivity index (χ4v) is 4.83. The Hall–Kier alpha value is -0.950. The lowest BCUT2D eigenvalue weighted by molar-refractivity contribution is 0.276. The third-order valence-corrected chi connectivity index (χ3v) is 6.33. The first kappa shape index (κ1) is 13.1. The van der Waals surface area contributed by atoms with Crippen LogP contribution in [0.4, 0.5) is 0 Å². The van der Waals surface area contributed by atoms with Crippen LogP contribution < -0.4 is 5.73 Å². The second-order valence-electron chi connectivity index (χ2n) is 5.97. The predicted octanol–water partition coefficient (Wildman–Crippen LogP) is 0.741. The highest BCUT2D eigenvalue weighted by atomic mass is 32.2. The van der Waals surface area contributed by atoms with Gasteiger partial charge in [-0.3, -0.25) is 0 Å². The molecule has 3 rings (SSSR count). The molecule has 0 spiro atoms. The molecule has 7 heteroatoms. The summed E-state index contributed by atoms with van der Waals surface area (Å²) in [6, 6.07) is 0.0353. The quantitative estimate of drug-likeness (QED) is 0.860. The molecular formula is C12H19N3O3S. The van der Waals surface area contributed by atoms with E-state index in [9.17, 15) is 8.42 Å². The summed E-state index contributed by atoms with van der Waals surface area (Å²) in [7, 11) is -2.93. The van der Waals surface area contributed by atoms with Crippen LogP contribution in [-0.2, 0) is 15.3 Å². The summed E-state index contributed by atoms with van der Waals surface area (Å²) in [6.45, 7) is 2.05. The second kappa shape index (κ2) is 4.28. The van der Waals surface area contributed by atoms with E-state index in [1.54, 1.807) is 0 Å². The molecule has 1 aliphatic heterocycles. The Morgan fingerprint density at radius 2 is 2.21 bits per heavy atom. The Kier molecular flexibility index (Phi) is 2.94. The summed E-state index contributed by atoms with van der Waals surface area (Å²) in [4.78, 5) is 4.44. The fraction of sp³-hybridized carbons (Fsp3) is 0.833. The van der Waals surface area contributed by atoms with E-state index < -0.39 is 9.84 Å². The van der Waals surface area contributed by atoms with Gasteiger partial charge in [-0.1, -0.05) is 11.6 Å². The van der Waals surface area contributed by atoms with E-state index in [0.717, 1.165) is 19.3 Å². The lowest BCUT2D eigenvalue weighted by atomic mass is 9.85. The number of rotatable bonds is 2. The van der Waals surface area contributed by atoms with E-state index in [0.29, 0.717) is 18.1 Å². The average Bonchev–Trinajstić information content (AvgIpc) is 3.00. The molecule has 0 amide bonds. The molecule has 1 aliphatic carbocycles. The van der Waals surface area contributed by atoms with E-state index in [4.69, 9.17) is 10.3 Å². The lowest BCUT2D eigenvalue weighted by Crippen LogP contribution is -2.38. The Bertz CT molecular complexity index is 583. The second-order valence-corrected chi connectivity index (χ2v) is 8.20. The number of aromatic nitrogens is 2. The smallest absolute Gasteiger partial charge is 0.234 e. The van der Waals surface area contributed by atoms with Crippen LogP contribution in [0.1, 0.15) is 50.2 Å². The highest BCUT2D eigenvalue weighted by Gasteiger charge is 2.43. The van der Waals surface area contributed by atoms with Crippen molar-refractivity contribution in [2.75, 3.05) is 11.5 Å². The molecule has 6 nitrogen and oxygen atoms in total. The van der Waals surface area contributed by atoms with Gasteiger partial charge in [-0.05, 0) is 26.2 Å². The van der Waals surface area contributed by atoms with E-state index in [1.165, 1.54) is 0 Å².